The van der Waals surface area contributed by atoms with E-state index in [1.807, 2.05) is 0 Å². The highest BCUT2D eigenvalue weighted by molar-refractivity contribution is 5.38. The van der Waals surface area contributed by atoms with E-state index in [1.165, 1.54) is 12.1 Å². The molecule has 8 nitrogen and oxygen atoms in total. The van der Waals surface area contributed by atoms with E-state index in [0.29, 0.717) is 6.54 Å². The molecule has 11 heteroatoms. The summed E-state index contributed by atoms with van der Waals surface area (Å²) in [5.41, 5.74) is -2.12. The molecule has 3 N–H and O–H groups in total. The third-order valence-electron chi connectivity index (χ3n) is 6.12. The van der Waals surface area contributed by atoms with Gasteiger partial charge in [-0.25, -0.2) is 4.98 Å². The third-order valence-corrected chi connectivity index (χ3v) is 6.12. The molecule has 3 aliphatic heterocycles. The lowest BCUT2D eigenvalue weighted by molar-refractivity contribution is -0.220. The number of anilines is 1. The predicted molar refractivity (Wildman–Crippen MR) is 101 cm³/mol. The zero-order valence-electron chi connectivity index (χ0n) is 16.7. The number of halogens is 3. The number of hydrogen-bond acceptors (Lipinski definition) is 8. The molecule has 0 unspecified atom stereocenters. The smallest absolute Gasteiger partial charge is 0.388 e. The van der Waals surface area contributed by atoms with Crippen molar-refractivity contribution in [1.29, 1.82) is 0 Å². The number of nitrogens with zero attached hydrogens (tertiary/aromatic N) is 3. The van der Waals surface area contributed by atoms with Gasteiger partial charge in [0.1, 0.15) is 35.4 Å². The van der Waals surface area contributed by atoms with E-state index in [0.717, 1.165) is 38.8 Å². The molecule has 0 saturated carbocycles. The van der Waals surface area contributed by atoms with Crippen molar-refractivity contribution in [3.8, 4) is 0 Å². The topological polar surface area (TPSA) is 90.3 Å². The average Bonchev–Trinajstić information content (AvgIpc) is 3.12. The highest BCUT2D eigenvalue weighted by atomic mass is 19.4. The van der Waals surface area contributed by atoms with Gasteiger partial charge in [0.05, 0.1) is 6.61 Å². The summed E-state index contributed by atoms with van der Waals surface area (Å²) in [5, 5.41) is 24.3. The lowest BCUT2D eigenvalue weighted by Crippen LogP contribution is -2.66. The summed E-state index contributed by atoms with van der Waals surface area (Å²) in [6.07, 6.45) is -8.04. The van der Waals surface area contributed by atoms with E-state index in [-0.39, 0.29) is 12.4 Å². The molecular weight excluding hydrogens is 405 g/mol. The molecule has 0 radical (unpaired) electrons. The van der Waals surface area contributed by atoms with Gasteiger partial charge in [-0.05, 0) is 18.7 Å². The number of piperazine rings is 1. The summed E-state index contributed by atoms with van der Waals surface area (Å²) in [6.45, 7) is 7.08. The second-order valence-corrected chi connectivity index (χ2v) is 8.08. The van der Waals surface area contributed by atoms with E-state index >= 15 is 0 Å². The fourth-order valence-corrected chi connectivity index (χ4v) is 4.34. The first-order valence-corrected chi connectivity index (χ1v) is 10.1. The second kappa shape index (κ2) is 8.21. The van der Waals surface area contributed by atoms with Gasteiger partial charge in [-0.3, -0.25) is 4.90 Å². The maximum atomic E-state index is 12.9. The van der Waals surface area contributed by atoms with Crippen LogP contribution in [0, 0.1) is 0 Å². The Kier molecular flexibility index (Phi) is 5.94. The molecule has 4 heterocycles. The van der Waals surface area contributed by atoms with Crippen LogP contribution in [0.2, 0.25) is 0 Å². The monoisotopic (exact) mass is 432 g/mol. The van der Waals surface area contributed by atoms with Gasteiger partial charge < -0.3 is 29.9 Å². The van der Waals surface area contributed by atoms with E-state index in [2.05, 4.69) is 27.0 Å². The summed E-state index contributed by atoms with van der Waals surface area (Å²) < 4.78 is 50.5. The Bertz CT molecular complexity index is 747. The fraction of sp³-hybridized carbons (Fsp3) is 0.737. The zero-order valence-corrected chi connectivity index (χ0v) is 16.7. The molecule has 0 amide bonds. The number of ether oxygens (including phenoxy) is 2. The highest BCUT2D eigenvalue weighted by Gasteiger charge is 2.59. The molecule has 1 aromatic heterocycles. The summed E-state index contributed by atoms with van der Waals surface area (Å²) in [6, 6.07) is 2.49. The quantitative estimate of drug-likeness (QED) is 0.615. The number of hydrogen-bond donors (Lipinski definition) is 3. The summed E-state index contributed by atoms with van der Waals surface area (Å²) in [5.74, 6) is -0.0802. The third kappa shape index (κ3) is 4.14. The number of likely N-dealkylation sites (N-methyl/N-ethyl adjacent to an activating group) is 1. The van der Waals surface area contributed by atoms with Crippen LogP contribution in [0.5, 0.6) is 0 Å². The maximum absolute atomic E-state index is 12.9. The van der Waals surface area contributed by atoms with Crippen molar-refractivity contribution in [3.05, 3.63) is 23.9 Å². The molecule has 3 saturated heterocycles. The van der Waals surface area contributed by atoms with Crippen molar-refractivity contribution in [2.24, 2.45) is 0 Å². The lowest BCUT2D eigenvalue weighted by Gasteiger charge is -2.46. The van der Waals surface area contributed by atoms with Crippen molar-refractivity contribution in [3.63, 3.8) is 0 Å². The highest BCUT2D eigenvalue weighted by Crippen LogP contribution is 2.39. The van der Waals surface area contributed by atoms with Crippen molar-refractivity contribution in [2.45, 2.75) is 43.2 Å². The molecule has 168 valence electrons. The van der Waals surface area contributed by atoms with E-state index in [4.69, 9.17) is 9.47 Å². The number of rotatable bonds is 5. The Morgan fingerprint density at radius 3 is 2.57 bits per heavy atom. The Morgan fingerprint density at radius 1 is 1.20 bits per heavy atom. The zero-order chi connectivity index (χ0) is 21.5. The summed E-state index contributed by atoms with van der Waals surface area (Å²) >= 11 is 0. The van der Waals surface area contributed by atoms with Crippen LogP contribution in [-0.4, -0.2) is 101 Å². The molecule has 3 fully saturated rings. The Morgan fingerprint density at radius 2 is 1.90 bits per heavy atom. The molecular formula is C19H27F3N4O4. The van der Waals surface area contributed by atoms with Crippen LogP contribution in [0.1, 0.15) is 12.6 Å². The minimum atomic E-state index is -4.58. The number of aliphatic hydroxyl groups is 2. The fourth-order valence-electron chi connectivity index (χ4n) is 4.34. The number of nitrogens with one attached hydrogen (secondary N) is 1. The SMILES string of the molecule is CCN1CCN(C[C@@]23CO[C@@H](O2)[C@H](Nc2cccc(C(F)(F)F)n2)[C@@H](O)[C@H]3O)CC1. The van der Waals surface area contributed by atoms with Gasteiger partial charge in [-0.1, -0.05) is 13.0 Å². The first-order chi connectivity index (χ1) is 14.2. The Balaban J connectivity index is 1.44. The van der Waals surface area contributed by atoms with Crippen molar-refractivity contribution in [1.82, 2.24) is 14.8 Å². The van der Waals surface area contributed by atoms with Crippen molar-refractivity contribution >= 4 is 5.82 Å². The first kappa shape index (κ1) is 21.7. The van der Waals surface area contributed by atoms with Crippen LogP contribution in [0.25, 0.3) is 0 Å². The van der Waals surface area contributed by atoms with Crippen LogP contribution in [0.15, 0.2) is 18.2 Å². The number of fused-ring (bicyclic) bond motifs is 2. The molecule has 2 bridgehead atoms. The van der Waals surface area contributed by atoms with Crippen LogP contribution in [0.3, 0.4) is 0 Å². The summed E-state index contributed by atoms with van der Waals surface area (Å²) in [7, 11) is 0. The number of aromatic nitrogens is 1. The van der Waals surface area contributed by atoms with E-state index in [9.17, 15) is 23.4 Å². The average molecular weight is 432 g/mol. The lowest BCUT2D eigenvalue weighted by atomic mass is 9.87. The predicted octanol–water partition coefficient (Wildman–Crippen LogP) is 0.365. The number of alkyl halides is 3. The minimum Gasteiger partial charge on any atom is -0.388 e. The van der Waals surface area contributed by atoms with Crippen LogP contribution in [-0.2, 0) is 15.7 Å². The number of aliphatic hydroxyl groups excluding tert-OH is 2. The Labute approximate surface area is 172 Å². The van der Waals surface area contributed by atoms with Gasteiger partial charge in [0.15, 0.2) is 6.29 Å². The molecule has 0 aliphatic carbocycles. The van der Waals surface area contributed by atoms with Crippen LogP contribution >= 0.6 is 0 Å². The normalized spacial score (nSPS) is 35.5. The van der Waals surface area contributed by atoms with Gasteiger partial charge in [-0.15, -0.1) is 0 Å². The molecule has 4 rings (SSSR count). The van der Waals surface area contributed by atoms with Gasteiger partial charge in [0.2, 0.25) is 0 Å². The van der Waals surface area contributed by atoms with Gasteiger partial charge >= 0.3 is 6.18 Å². The molecule has 3 aliphatic rings. The van der Waals surface area contributed by atoms with Crippen molar-refractivity contribution < 1.29 is 32.9 Å². The van der Waals surface area contributed by atoms with Gasteiger partial charge in [0, 0.05) is 32.7 Å². The van der Waals surface area contributed by atoms with Gasteiger partial charge in [-0.2, -0.15) is 13.2 Å². The van der Waals surface area contributed by atoms with Gasteiger partial charge in [0.25, 0.3) is 0 Å². The molecule has 1 aromatic rings. The van der Waals surface area contributed by atoms with E-state index in [1.54, 1.807) is 0 Å². The molecule has 0 aromatic carbocycles. The minimum absolute atomic E-state index is 0.0802. The standard InChI is InChI=1S/C19H27F3N4O4/c1-2-25-6-8-26(9-7-25)10-18-11-29-17(30-18)14(15(27)16(18)28)24-13-5-3-4-12(23-13)19(20,21)22/h3-5,14-17,27-28H,2,6-11H2,1H3,(H,23,24)/t14-,15-,16-,17+,18+/m1/s1. The number of pyridine rings is 1. The molecule has 0 spiro atoms. The Hall–Kier alpha value is -1.50. The molecule has 30 heavy (non-hydrogen) atoms. The first-order valence-electron chi connectivity index (χ1n) is 10.1. The van der Waals surface area contributed by atoms with Crippen LogP contribution in [0.4, 0.5) is 19.0 Å². The molecule has 5 atom stereocenters. The summed E-state index contributed by atoms with van der Waals surface area (Å²) in [4.78, 5) is 8.06. The van der Waals surface area contributed by atoms with Crippen molar-refractivity contribution in [2.75, 3.05) is 51.2 Å². The largest absolute Gasteiger partial charge is 0.433 e. The van der Waals surface area contributed by atoms with E-state index < -0.39 is 42.0 Å². The van der Waals surface area contributed by atoms with Crippen LogP contribution < -0.4 is 5.32 Å². The second-order valence-electron chi connectivity index (χ2n) is 8.08. The maximum Gasteiger partial charge on any atom is 0.433 e.